The monoisotopic (exact) mass is 313 g/mol. The van der Waals surface area contributed by atoms with Crippen molar-refractivity contribution in [3.63, 3.8) is 0 Å². The Kier molecular flexibility index (Phi) is 5.79. The van der Waals surface area contributed by atoms with E-state index in [4.69, 9.17) is 0 Å². The molecule has 0 radical (unpaired) electrons. The molecule has 1 N–H and O–H groups in total. The van der Waals surface area contributed by atoms with Gasteiger partial charge >= 0.3 is 0 Å². The molecule has 1 aromatic carbocycles. The third kappa shape index (κ3) is 4.80. The zero-order valence-corrected chi connectivity index (χ0v) is 14.5. The molecule has 0 aromatic heterocycles. The van der Waals surface area contributed by atoms with Crippen molar-refractivity contribution < 1.29 is 4.79 Å². The highest BCUT2D eigenvalue weighted by Crippen LogP contribution is 2.27. The summed E-state index contributed by atoms with van der Waals surface area (Å²) in [6.07, 6.45) is 4.75. The van der Waals surface area contributed by atoms with E-state index in [2.05, 4.69) is 43.4 Å². The molecule has 0 bridgehead atoms. The number of nitrogens with zero attached hydrogens (tertiary/aromatic N) is 2. The third-order valence-electron chi connectivity index (χ3n) is 4.65. The number of hydrogen-bond donors (Lipinski definition) is 1. The molecule has 1 aromatic rings. The lowest BCUT2D eigenvalue weighted by Gasteiger charge is -2.32. The number of carbonyl (C=O) groups excluding carboxylic acids is 1. The van der Waals surface area contributed by atoms with Crippen molar-refractivity contribution in [2.24, 2.45) is 0 Å². The molecule has 0 heterocycles. The van der Waals surface area contributed by atoms with Crippen LogP contribution in [-0.4, -0.2) is 29.9 Å². The molecular formula is C19H27N3O. The minimum atomic E-state index is -0.643. The Hall–Kier alpha value is -1.86. The molecule has 0 unspecified atom stereocenters. The van der Waals surface area contributed by atoms with Gasteiger partial charge < -0.3 is 5.32 Å². The maximum atomic E-state index is 12.3. The highest BCUT2D eigenvalue weighted by atomic mass is 16.2. The van der Waals surface area contributed by atoms with E-state index in [1.54, 1.807) is 0 Å². The number of benzene rings is 1. The van der Waals surface area contributed by atoms with Crippen LogP contribution in [0.25, 0.3) is 0 Å². The Morgan fingerprint density at radius 2 is 2.00 bits per heavy atom. The van der Waals surface area contributed by atoms with Crippen LogP contribution in [0.3, 0.4) is 0 Å². The molecule has 2 rings (SSSR count). The van der Waals surface area contributed by atoms with Crippen molar-refractivity contribution >= 4 is 5.91 Å². The Morgan fingerprint density at radius 1 is 1.30 bits per heavy atom. The summed E-state index contributed by atoms with van der Waals surface area (Å²) in [4.78, 5) is 14.3. The van der Waals surface area contributed by atoms with Crippen LogP contribution in [0.5, 0.6) is 0 Å². The van der Waals surface area contributed by atoms with Crippen LogP contribution in [0.15, 0.2) is 18.2 Å². The van der Waals surface area contributed by atoms with E-state index < -0.39 is 5.54 Å². The number of nitriles is 1. The van der Waals surface area contributed by atoms with E-state index in [1.165, 1.54) is 16.7 Å². The first-order chi connectivity index (χ1) is 10.9. The van der Waals surface area contributed by atoms with E-state index in [-0.39, 0.29) is 5.91 Å². The van der Waals surface area contributed by atoms with Gasteiger partial charge in [-0.3, -0.25) is 9.69 Å². The highest BCUT2D eigenvalue weighted by molar-refractivity contribution is 5.79. The van der Waals surface area contributed by atoms with Gasteiger partial charge in [-0.2, -0.15) is 5.26 Å². The summed E-state index contributed by atoms with van der Waals surface area (Å²) in [5.41, 5.74) is 3.09. The van der Waals surface area contributed by atoms with Gasteiger partial charge in [0.05, 0.1) is 12.6 Å². The summed E-state index contributed by atoms with van der Waals surface area (Å²) in [7, 11) is 1.94. The molecule has 1 fully saturated rings. The average Bonchev–Trinajstić information content (AvgIpc) is 2.51. The van der Waals surface area contributed by atoms with E-state index in [1.807, 2.05) is 11.9 Å². The molecule has 4 heteroatoms. The number of carbonyl (C=O) groups is 1. The van der Waals surface area contributed by atoms with Crippen LogP contribution in [0.1, 0.15) is 48.8 Å². The quantitative estimate of drug-likeness (QED) is 0.909. The zero-order valence-electron chi connectivity index (χ0n) is 14.5. The predicted octanol–water partition coefficient (Wildman–Crippen LogP) is 3.08. The fraction of sp³-hybridized carbons (Fsp3) is 0.579. The summed E-state index contributed by atoms with van der Waals surface area (Å²) in [6.45, 7) is 5.23. The first-order valence-corrected chi connectivity index (χ1v) is 8.41. The molecule has 124 valence electrons. The lowest BCUT2D eigenvalue weighted by Crippen LogP contribution is -2.51. The van der Waals surface area contributed by atoms with Crippen molar-refractivity contribution in [1.82, 2.24) is 10.2 Å². The van der Waals surface area contributed by atoms with Gasteiger partial charge in [0.2, 0.25) is 5.91 Å². The zero-order chi connectivity index (χ0) is 16.9. The number of hydrogen-bond acceptors (Lipinski definition) is 3. The van der Waals surface area contributed by atoms with Gasteiger partial charge in [0.25, 0.3) is 0 Å². The maximum absolute atomic E-state index is 12.3. The van der Waals surface area contributed by atoms with Gasteiger partial charge in [-0.1, -0.05) is 43.0 Å². The molecule has 1 amide bonds. The van der Waals surface area contributed by atoms with Gasteiger partial charge in [-0.05, 0) is 44.9 Å². The fourth-order valence-electron chi connectivity index (χ4n) is 3.34. The van der Waals surface area contributed by atoms with Gasteiger partial charge in [-0.25, -0.2) is 0 Å². The van der Waals surface area contributed by atoms with Gasteiger partial charge in [0, 0.05) is 6.54 Å². The molecule has 4 nitrogen and oxygen atoms in total. The summed E-state index contributed by atoms with van der Waals surface area (Å²) < 4.78 is 0. The Labute approximate surface area is 139 Å². The second kappa shape index (κ2) is 7.61. The number of rotatable bonds is 5. The van der Waals surface area contributed by atoms with Gasteiger partial charge in [0.15, 0.2) is 0 Å². The minimum Gasteiger partial charge on any atom is -0.337 e. The predicted molar refractivity (Wildman–Crippen MR) is 91.8 cm³/mol. The second-order valence-electron chi connectivity index (χ2n) is 6.90. The van der Waals surface area contributed by atoms with Gasteiger partial charge in [-0.15, -0.1) is 0 Å². The molecule has 0 spiro atoms. The van der Waals surface area contributed by atoms with Crippen molar-refractivity contribution in [2.45, 2.75) is 58.0 Å². The highest BCUT2D eigenvalue weighted by Gasteiger charge is 2.33. The van der Waals surface area contributed by atoms with E-state index >= 15 is 0 Å². The van der Waals surface area contributed by atoms with E-state index in [0.717, 1.165) is 38.6 Å². The normalized spacial score (nSPS) is 16.8. The third-order valence-corrected chi connectivity index (χ3v) is 4.65. The number of amides is 1. The van der Waals surface area contributed by atoms with Crippen LogP contribution in [-0.2, 0) is 11.3 Å². The van der Waals surface area contributed by atoms with Crippen molar-refractivity contribution in [2.75, 3.05) is 13.6 Å². The number of aryl methyl sites for hydroxylation is 2. The summed E-state index contributed by atoms with van der Waals surface area (Å²) in [6, 6.07) is 8.72. The number of likely N-dealkylation sites (N-methyl/N-ethyl adjacent to an activating group) is 1. The Balaban J connectivity index is 1.90. The summed E-state index contributed by atoms with van der Waals surface area (Å²) in [5, 5.41) is 12.4. The smallest absolute Gasteiger partial charge is 0.235 e. The molecule has 1 saturated carbocycles. The summed E-state index contributed by atoms with van der Waals surface area (Å²) >= 11 is 0. The van der Waals surface area contributed by atoms with Crippen LogP contribution >= 0.6 is 0 Å². The molecular weight excluding hydrogens is 286 g/mol. The van der Waals surface area contributed by atoms with E-state index in [0.29, 0.717) is 6.54 Å². The Bertz CT molecular complexity index is 597. The fourth-order valence-corrected chi connectivity index (χ4v) is 3.34. The largest absolute Gasteiger partial charge is 0.337 e. The molecule has 0 aliphatic heterocycles. The van der Waals surface area contributed by atoms with Crippen molar-refractivity contribution in [3.8, 4) is 6.07 Å². The topological polar surface area (TPSA) is 56.1 Å². The van der Waals surface area contributed by atoms with Crippen LogP contribution in [0.2, 0.25) is 0 Å². The van der Waals surface area contributed by atoms with Gasteiger partial charge in [0.1, 0.15) is 5.54 Å². The molecule has 0 atom stereocenters. The van der Waals surface area contributed by atoms with E-state index in [9.17, 15) is 10.1 Å². The SMILES string of the molecule is Cc1ccc(CN(C)CC(=O)NC2(C#N)CCCCC2)c(C)c1. The second-order valence-corrected chi connectivity index (χ2v) is 6.90. The standard InChI is InChI=1S/C19H27N3O/c1-15-7-8-17(16(2)11-15)12-22(3)13-18(23)21-19(14-20)9-5-4-6-10-19/h7-8,11H,4-6,9-10,12-13H2,1-3H3,(H,21,23). The van der Waals surface area contributed by atoms with Crippen LogP contribution in [0.4, 0.5) is 0 Å². The Morgan fingerprint density at radius 3 is 2.61 bits per heavy atom. The van der Waals surface area contributed by atoms with Crippen LogP contribution in [0, 0.1) is 25.2 Å². The molecule has 0 saturated heterocycles. The lowest BCUT2D eigenvalue weighted by atomic mass is 9.83. The minimum absolute atomic E-state index is 0.0549. The molecule has 1 aliphatic rings. The first-order valence-electron chi connectivity index (χ1n) is 8.41. The number of nitrogens with one attached hydrogen (secondary N) is 1. The first kappa shape index (κ1) is 17.5. The summed E-state index contributed by atoms with van der Waals surface area (Å²) in [5.74, 6) is -0.0549. The van der Waals surface area contributed by atoms with Crippen molar-refractivity contribution in [3.05, 3.63) is 34.9 Å². The van der Waals surface area contributed by atoms with Crippen molar-refractivity contribution in [1.29, 1.82) is 5.26 Å². The van der Waals surface area contributed by atoms with Crippen LogP contribution < -0.4 is 5.32 Å². The lowest BCUT2D eigenvalue weighted by molar-refractivity contribution is -0.123. The maximum Gasteiger partial charge on any atom is 0.235 e. The average molecular weight is 313 g/mol. The molecule has 23 heavy (non-hydrogen) atoms. The molecule has 1 aliphatic carbocycles.